The van der Waals surface area contributed by atoms with Crippen molar-refractivity contribution in [3.05, 3.63) is 54.1 Å². The highest BCUT2D eigenvalue weighted by Gasteiger charge is 2.13. The Balaban J connectivity index is 1.76. The quantitative estimate of drug-likeness (QED) is 0.762. The molecule has 1 unspecified atom stereocenters. The van der Waals surface area contributed by atoms with Crippen LogP contribution in [0.1, 0.15) is 24.2 Å². The van der Waals surface area contributed by atoms with Crippen LogP contribution in [0.15, 0.2) is 53.4 Å². The van der Waals surface area contributed by atoms with E-state index in [9.17, 15) is 0 Å². The second-order valence-electron chi connectivity index (χ2n) is 4.83. The highest BCUT2D eigenvalue weighted by Crippen LogP contribution is 2.39. The lowest BCUT2D eigenvalue weighted by molar-refractivity contribution is 0.297. The summed E-state index contributed by atoms with van der Waals surface area (Å²) >= 11 is 1.84. The predicted octanol–water partition coefficient (Wildman–Crippen LogP) is 4.70. The zero-order valence-electron chi connectivity index (χ0n) is 11.5. The summed E-state index contributed by atoms with van der Waals surface area (Å²) in [5, 5.41) is 0.418. The Bertz CT molecular complexity index is 568. The van der Waals surface area contributed by atoms with Crippen molar-refractivity contribution in [1.29, 1.82) is 0 Å². The number of rotatable bonds is 3. The summed E-state index contributed by atoms with van der Waals surface area (Å²) in [6, 6.07) is 16.8. The van der Waals surface area contributed by atoms with Crippen molar-refractivity contribution in [2.45, 2.75) is 23.5 Å². The molecule has 2 aromatic carbocycles. The highest BCUT2D eigenvalue weighted by atomic mass is 32.2. The number of hydrogen-bond donors (Lipinski definition) is 0. The molecule has 1 atom stereocenters. The van der Waals surface area contributed by atoms with Crippen LogP contribution in [0.2, 0.25) is 0 Å². The lowest BCUT2D eigenvalue weighted by atomic mass is 10.2. The fourth-order valence-corrected chi connectivity index (χ4v) is 3.24. The molecule has 3 heteroatoms. The van der Waals surface area contributed by atoms with E-state index < -0.39 is 0 Å². The van der Waals surface area contributed by atoms with E-state index in [1.54, 1.807) is 0 Å². The first-order chi connectivity index (χ1) is 9.83. The van der Waals surface area contributed by atoms with Crippen LogP contribution in [0.4, 0.5) is 0 Å². The summed E-state index contributed by atoms with van der Waals surface area (Å²) in [6.07, 6.45) is 0.942. The van der Waals surface area contributed by atoms with Gasteiger partial charge in [-0.3, -0.25) is 0 Å². The lowest BCUT2D eigenvalue weighted by Crippen LogP contribution is -1.97. The van der Waals surface area contributed by atoms with E-state index >= 15 is 0 Å². The van der Waals surface area contributed by atoms with Gasteiger partial charge in [-0.1, -0.05) is 30.3 Å². The van der Waals surface area contributed by atoms with Crippen molar-refractivity contribution in [2.75, 3.05) is 13.2 Å². The van der Waals surface area contributed by atoms with Gasteiger partial charge in [-0.05, 0) is 30.7 Å². The van der Waals surface area contributed by atoms with Crippen LogP contribution in [0.5, 0.6) is 11.5 Å². The Labute approximate surface area is 124 Å². The lowest BCUT2D eigenvalue weighted by Gasteiger charge is -2.13. The van der Waals surface area contributed by atoms with Crippen molar-refractivity contribution in [2.24, 2.45) is 0 Å². The summed E-state index contributed by atoms with van der Waals surface area (Å²) in [4.78, 5) is 1.21. The third-order valence-electron chi connectivity index (χ3n) is 3.30. The van der Waals surface area contributed by atoms with E-state index in [-0.39, 0.29) is 0 Å². The van der Waals surface area contributed by atoms with Gasteiger partial charge in [-0.25, -0.2) is 0 Å². The molecular formula is C17H18O2S. The molecule has 1 aliphatic rings. The fraction of sp³-hybridized carbons (Fsp3) is 0.294. The van der Waals surface area contributed by atoms with E-state index in [1.165, 1.54) is 10.5 Å². The molecule has 0 N–H and O–H groups in total. The molecule has 3 rings (SSSR count). The van der Waals surface area contributed by atoms with Gasteiger partial charge in [-0.2, -0.15) is 0 Å². The molecule has 0 saturated carbocycles. The molecule has 1 aliphatic heterocycles. The van der Waals surface area contributed by atoms with E-state index in [2.05, 4.69) is 49.4 Å². The average Bonchev–Trinajstić information content (AvgIpc) is 2.73. The molecule has 0 aromatic heterocycles. The summed E-state index contributed by atoms with van der Waals surface area (Å²) in [5.41, 5.74) is 1.34. The maximum atomic E-state index is 5.74. The molecule has 0 aliphatic carbocycles. The molecule has 0 amide bonds. The van der Waals surface area contributed by atoms with E-state index in [0.29, 0.717) is 5.25 Å². The first-order valence-electron chi connectivity index (χ1n) is 6.94. The minimum absolute atomic E-state index is 0.418. The summed E-state index contributed by atoms with van der Waals surface area (Å²) < 4.78 is 11.4. The first-order valence-corrected chi connectivity index (χ1v) is 7.82. The maximum Gasteiger partial charge on any atom is 0.162 e. The monoisotopic (exact) mass is 286 g/mol. The summed E-state index contributed by atoms with van der Waals surface area (Å²) in [6.45, 7) is 3.69. The zero-order valence-corrected chi connectivity index (χ0v) is 12.4. The molecule has 20 heavy (non-hydrogen) atoms. The van der Waals surface area contributed by atoms with Crippen molar-refractivity contribution in [3.8, 4) is 11.5 Å². The Morgan fingerprint density at radius 3 is 2.50 bits per heavy atom. The Morgan fingerprint density at radius 1 is 0.950 bits per heavy atom. The van der Waals surface area contributed by atoms with Crippen LogP contribution in [-0.4, -0.2) is 13.2 Å². The molecule has 0 saturated heterocycles. The maximum absolute atomic E-state index is 5.74. The zero-order chi connectivity index (χ0) is 13.8. The van der Waals surface area contributed by atoms with Gasteiger partial charge in [0.25, 0.3) is 0 Å². The molecule has 0 bridgehead atoms. The Morgan fingerprint density at radius 2 is 1.70 bits per heavy atom. The van der Waals surface area contributed by atoms with Gasteiger partial charge < -0.3 is 9.47 Å². The molecule has 0 spiro atoms. The molecule has 0 fully saturated rings. The van der Waals surface area contributed by atoms with E-state index in [0.717, 1.165) is 31.1 Å². The van der Waals surface area contributed by atoms with Crippen molar-refractivity contribution < 1.29 is 9.47 Å². The highest BCUT2D eigenvalue weighted by molar-refractivity contribution is 7.99. The Hall–Kier alpha value is -1.61. The second kappa shape index (κ2) is 6.23. The van der Waals surface area contributed by atoms with Gasteiger partial charge >= 0.3 is 0 Å². The minimum atomic E-state index is 0.418. The fourth-order valence-electron chi connectivity index (χ4n) is 2.21. The van der Waals surface area contributed by atoms with Crippen molar-refractivity contribution in [3.63, 3.8) is 0 Å². The van der Waals surface area contributed by atoms with Gasteiger partial charge in [0.05, 0.1) is 13.2 Å². The second-order valence-corrected chi connectivity index (χ2v) is 6.24. The van der Waals surface area contributed by atoms with Gasteiger partial charge in [0.2, 0.25) is 0 Å². The molecule has 1 heterocycles. The van der Waals surface area contributed by atoms with Crippen LogP contribution in [-0.2, 0) is 0 Å². The number of thioether (sulfide) groups is 1. The van der Waals surface area contributed by atoms with Gasteiger partial charge in [0.15, 0.2) is 11.5 Å². The van der Waals surface area contributed by atoms with Crippen molar-refractivity contribution in [1.82, 2.24) is 0 Å². The first kappa shape index (κ1) is 13.4. The molecule has 0 radical (unpaired) electrons. The summed E-state index contributed by atoms with van der Waals surface area (Å²) in [5.74, 6) is 1.73. The van der Waals surface area contributed by atoms with Crippen LogP contribution in [0.25, 0.3) is 0 Å². The molecule has 2 nitrogen and oxygen atoms in total. The SMILES string of the molecule is CC(Sc1ccc2c(c1)OCCCO2)c1ccccc1. The van der Waals surface area contributed by atoms with Crippen LogP contribution in [0, 0.1) is 0 Å². The Kier molecular flexibility index (Phi) is 4.16. The van der Waals surface area contributed by atoms with E-state index in [4.69, 9.17) is 9.47 Å². The van der Waals surface area contributed by atoms with Crippen molar-refractivity contribution >= 4 is 11.8 Å². The molecule has 104 valence electrons. The number of fused-ring (bicyclic) bond motifs is 1. The molecule has 2 aromatic rings. The van der Waals surface area contributed by atoms with Gasteiger partial charge in [0, 0.05) is 16.6 Å². The van der Waals surface area contributed by atoms with Gasteiger partial charge in [-0.15, -0.1) is 11.8 Å². The summed E-state index contributed by atoms with van der Waals surface area (Å²) in [7, 11) is 0. The third kappa shape index (κ3) is 3.10. The minimum Gasteiger partial charge on any atom is -0.490 e. The average molecular weight is 286 g/mol. The molecular weight excluding hydrogens is 268 g/mol. The topological polar surface area (TPSA) is 18.5 Å². The third-order valence-corrected chi connectivity index (χ3v) is 4.45. The van der Waals surface area contributed by atoms with Crippen LogP contribution in [0.3, 0.4) is 0 Å². The standard InChI is InChI=1S/C17H18O2S/c1-13(14-6-3-2-4-7-14)20-15-8-9-16-17(12-15)19-11-5-10-18-16/h2-4,6-9,12-13H,5,10-11H2,1H3. The normalized spacial score (nSPS) is 15.4. The number of benzene rings is 2. The van der Waals surface area contributed by atoms with E-state index in [1.807, 2.05) is 17.8 Å². The van der Waals surface area contributed by atoms with Crippen LogP contribution >= 0.6 is 11.8 Å². The largest absolute Gasteiger partial charge is 0.490 e. The predicted molar refractivity (Wildman–Crippen MR) is 82.8 cm³/mol. The van der Waals surface area contributed by atoms with Crippen LogP contribution < -0.4 is 9.47 Å². The van der Waals surface area contributed by atoms with Gasteiger partial charge in [0.1, 0.15) is 0 Å². The number of ether oxygens (including phenoxy) is 2. The smallest absolute Gasteiger partial charge is 0.162 e. The number of hydrogen-bond acceptors (Lipinski definition) is 3.